The normalized spacial score (nSPS) is 10.3. The summed E-state index contributed by atoms with van der Waals surface area (Å²) in [6.07, 6.45) is 0.884. The van der Waals surface area contributed by atoms with Crippen molar-refractivity contribution in [3.8, 4) is 0 Å². The van der Waals surface area contributed by atoms with E-state index in [2.05, 4.69) is 54.1 Å². The monoisotopic (exact) mass is 288 g/mol. The van der Waals surface area contributed by atoms with Gasteiger partial charge in [-0.1, -0.05) is 35.4 Å². The number of aryl methyl sites for hydroxylation is 2. The Kier molecular flexibility index (Phi) is 5.18. The molecule has 0 aliphatic carbocycles. The molecule has 0 aliphatic heterocycles. The first-order valence-corrected chi connectivity index (χ1v) is 7.63. The molecule has 0 bridgehead atoms. The Morgan fingerprint density at radius 3 is 2.55 bits per heavy atom. The summed E-state index contributed by atoms with van der Waals surface area (Å²) in [4.78, 5) is 13.0. The molecule has 0 radical (unpaired) electrons. The molecule has 1 aromatic heterocycles. The zero-order valence-electron chi connectivity index (χ0n) is 11.9. The molecule has 106 valence electrons. The first-order valence-electron chi connectivity index (χ1n) is 6.75. The highest BCUT2D eigenvalue weighted by Gasteiger charge is 2.01. The van der Waals surface area contributed by atoms with Gasteiger partial charge < -0.3 is 10.6 Å². The van der Waals surface area contributed by atoms with E-state index in [4.69, 9.17) is 0 Å². The topological polar surface area (TPSA) is 41.1 Å². The maximum atomic E-state index is 11.7. The van der Waals surface area contributed by atoms with E-state index in [9.17, 15) is 4.79 Å². The standard InChI is InChI=1S/C16H20N2OS/c1-12-8-13(2)10-14(9-12)11-18-16(19)17-6-5-15-4-3-7-20-15/h3-4,7-10H,5-6,11H2,1-2H3,(H2,17,18,19). The Hall–Kier alpha value is -1.81. The molecule has 3 nitrogen and oxygen atoms in total. The molecular formula is C16H20N2OS. The lowest BCUT2D eigenvalue weighted by molar-refractivity contribution is 0.240. The quantitative estimate of drug-likeness (QED) is 0.870. The van der Waals surface area contributed by atoms with Gasteiger partial charge in [-0.15, -0.1) is 11.3 Å². The number of carbonyl (C=O) groups is 1. The fourth-order valence-corrected chi connectivity index (χ4v) is 2.88. The van der Waals surface area contributed by atoms with Gasteiger partial charge >= 0.3 is 6.03 Å². The molecule has 20 heavy (non-hydrogen) atoms. The fourth-order valence-electron chi connectivity index (χ4n) is 2.17. The van der Waals surface area contributed by atoms with Crippen LogP contribution in [-0.2, 0) is 13.0 Å². The first kappa shape index (κ1) is 14.6. The highest BCUT2D eigenvalue weighted by Crippen LogP contribution is 2.09. The molecule has 0 spiro atoms. The van der Waals surface area contributed by atoms with Gasteiger partial charge in [-0.05, 0) is 37.3 Å². The van der Waals surface area contributed by atoms with Gasteiger partial charge in [0.1, 0.15) is 0 Å². The number of thiophene rings is 1. The van der Waals surface area contributed by atoms with Gasteiger partial charge in [0.2, 0.25) is 0 Å². The van der Waals surface area contributed by atoms with Crippen LogP contribution in [0.1, 0.15) is 21.6 Å². The van der Waals surface area contributed by atoms with E-state index in [0.717, 1.165) is 12.0 Å². The predicted molar refractivity (Wildman–Crippen MR) is 84.2 cm³/mol. The molecule has 1 aromatic carbocycles. The molecule has 2 amide bonds. The summed E-state index contributed by atoms with van der Waals surface area (Å²) in [6.45, 7) is 5.36. The van der Waals surface area contributed by atoms with Gasteiger partial charge in [-0.2, -0.15) is 0 Å². The molecule has 2 rings (SSSR count). The number of carbonyl (C=O) groups excluding carboxylic acids is 1. The maximum absolute atomic E-state index is 11.7. The van der Waals surface area contributed by atoms with Crippen LogP contribution in [0.3, 0.4) is 0 Å². The number of amides is 2. The lowest BCUT2D eigenvalue weighted by atomic mass is 10.1. The number of urea groups is 1. The third-order valence-electron chi connectivity index (χ3n) is 2.97. The summed E-state index contributed by atoms with van der Waals surface area (Å²) < 4.78 is 0. The van der Waals surface area contributed by atoms with Crippen LogP contribution in [0.4, 0.5) is 4.79 Å². The van der Waals surface area contributed by atoms with Crippen molar-refractivity contribution in [2.45, 2.75) is 26.8 Å². The zero-order chi connectivity index (χ0) is 14.4. The lowest BCUT2D eigenvalue weighted by Gasteiger charge is -2.08. The Morgan fingerprint density at radius 1 is 1.15 bits per heavy atom. The van der Waals surface area contributed by atoms with E-state index in [1.807, 2.05) is 6.07 Å². The summed E-state index contributed by atoms with van der Waals surface area (Å²) in [5, 5.41) is 7.81. The van der Waals surface area contributed by atoms with Gasteiger partial charge in [0.05, 0.1) is 0 Å². The number of nitrogens with one attached hydrogen (secondary N) is 2. The Bertz CT molecular complexity index is 544. The first-order chi connectivity index (χ1) is 9.63. The van der Waals surface area contributed by atoms with Gasteiger partial charge in [-0.3, -0.25) is 0 Å². The van der Waals surface area contributed by atoms with Crippen molar-refractivity contribution in [2.75, 3.05) is 6.54 Å². The second-order valence-electron chi connectivity index (χ2n) is 4.93. The van der Waals surface area contributed by atoms with Crippen molar-refractivity contribution >= 4 is 17.4 Å². The molecule has 4 heteroatoms. The highest BCUT2D eigenvalue weighted by molar-refractivity contribution is 7.09. The molecule has 2 N–H and O–H groups in total. The minimum absolute atomic E-state index is 0.110. The van der Waals surface area contributed by atoms with Crippen LogP contribution in [0.2, 0.25) is 0 Å². The molecular weight excluding hydrogens is 268 g/mol. The van der Waals surface area contributed by atoms with Crippen LogP contribution >= 0.6 is 11.3 Å². The van der Waals surface area contributed by atoms with Crippen LogP contribution in [-0.4, -0.2) is 12.6 Å². The lowest BCUT2D eigenvalue weighted by Crippen LogP contribution is -2.36. The minimum Gasteiger partial charge on any atom is -0.338 e. The van der Waals surface area contributed by atoms with E-state index in [1.165, 1.54) is 16.0 Å². The summed E-state index contributed by atoms with van der Waals surface area (Å²) in [6, 6.07) is 10.3. The van der Waals surface area contributed by atoms with Crippen LogP contribution < -0.4 is 10.6 Å². The van der Waals surface area contributed by atoms with Gasteiger partial charge in [0.15, 0.2) is 0 Å². The van der Waals surface area contributed by atoms with Crippen LogP contribution in [0.5, 0.6) is 0 Å². The number of hydrogen-bond acceptors (Lipinski definition) is 2. The van der Waals surface area contributed by atoms with E-state index in [1.54, 1.807) is 11.3 Å². The predicted octanol–water partition coefficient (Wildman–Crippen LogP) is 3.41. The number of rotatable bonds is 5. The van der Waals surface area contributed by atoms with Gasteiger partial charge in [0, 0.05) is 18.0 Å². The van der Waals surface area contributed by atoms with Gasteiger partial charge in [-0.25, -0.2) is 4.79 Å². The Morgan fingerprint density at radius 2 is 1.90 bits per heavy atom. The average molecular weight is 288 g/mol. The van der Waals surface area contributed by atoms with Crippen LogP contribution in [0.25, 0.3) is 0 Å². The zero-order valence-corrected chi connectivity index (χ0v) is 12.7. The smallest absolute Gasteiger partial charge is 0.315 e. The molecule has 2 aromatic rings. The van der Waals surface area contributed by atoms with Crippen molar-refractivity contribution < 1.29 is 4.79 Å². The van der Waals surface area contributed by atoms with Gasteiger partial charge in [0.25, 0.3) is 0 Å². The van der Waals surface area contributed by atoms with Crippen LogP contribution in [0.15, 0.2) is 35.7 Å². The fraction of sp³-hybridized carbons (Fsp3) is 0.312. The Balaban J connectivity index is 1.72. The maximum Gasteiger partial charge on any atom is 0.315 e. The summed E-state index contributed by atoms with van der Waals surface area (Å²) in [5.41, 5.74) is 3.58. The molecule has 0 atom stereocenters. The van der Waals surface area contributed by atoms with Crippen molar-refractivity contribution in [3.05, 3.63) is 57.3 Å². The SMILES string of the molecule is Cc1cc(C)cc(CNC(=O)NCCc2cccs2)c1. The second-order valence-corrected chi connectivity index (χ2v) is 5.97. The van der Waals surface area contributed by atoms with E-state index >= 15 is 0 Å². The van der Waals surface area contributed by atoms with Crippen molar-refractivity contribution in [2.24, 2.45) is 0 Å². The average Bonchev–Trinajstić information content (AvgIpc) is 2.88. The molecule has 0 saturated carbocycles. The molecule has 1 heterocycles. The third kappa shape index (κ3) is 4.70. The Labute approximate surface area is 124 Å². The van der Waals surface area contributed by atoms with E-state index < -0.39 is 0 Å². The number of benzene rings is 1. The van der Waals surface area contributed by atoms with Crippen molar-refractivity contribution in [3.63, 3.8) is 0 Å². The van der Waals surface area contributed by atoms with E-state index in [0.29, 0.717) is 13.1 Å². The summed E-state index contributed by atoms with van der Waals surface area (Å²) >= 11 is 1.72. The molecule has 0 fully saturated rings. The minimum atomic E-state index is -0.110. The third-order valence-corrected chi connectivity index (χ3v) is 3.91. The molecule has 0 aliphatic rings. The largest absolute Gasteiger partial charge is 0.338 e. The van der Waals surface area contributed by atoms with E-state index in [-0.39, 0.29) is 6.03 Å². The van der Waals surface area contributed by atoms with Crippen molar-refractivity contribution in [1.82, 2.24) is 10.6 Å². The van der Waals surface area contributed by atoms with Crippen LogP contribution in [0, 0.1) is 13.8 Å². The summed E-state index contributed by atoms with van der Waals surface area (Å²) in [7, 11) is 0. The summed E-state index contributed by atoms with van der Waals surface area (Å²) in [5.74, 6) is 0. The molecule has 0 unspecified atom stereocenters. The number of hydrogen-bond donors (Lipinski definition) is 2. The molecule has 0 saturated heterocycles. The second kappa shape index (κ2) is 7.10. The van der Waals surface area contributed by atoms with Crippen molar-refractivity contribution in [1.29, 1.82) is 0 Å². The highest BCUT2D eigenvalue weighted by atomic mass is 32.1.